The van der Waals surface area contributed by atoms with E-state index in [-0.39, 0.29) is 6.61 Å². The Kier molecular flexibility index (Phi) is 4.88. The number of carbonyl (C=O) groups is 1. The molecule has 5 heteroatoms. The summed E-state index contributed by atoms with van der Waals surface area (Å²) >= 11 is 0. The number of methoxy groups -OCH3 is 1. The van der Waals surface area contributed by atoms with E-state index in [1.165, 1.54) is 7.11 Å². The zero-order valence-corrected chi connectivity index (χ0v) is 9.43. The third-order valence-corrected chi connectivity index (χ3v) is 2.31. The molecular formula is C11H16N2O3. The maximum absolute atomic E-state index is 10.8. The van der Waals surface area contributed by atoms with Gasteiger partial charge in [0.1, 0.15) is 6.04 Å². The summed E-state index contributed by atoms with van der Waals surface area (Å²) in [5.41, 5.74) is 2.08. The van der Waals surface area contributed by atoms with Gasteiger partial charge in [0.05, 0.1) is 6.61 Å². The van der Waals surface area contributed by atoms with E-state index in [0.717, 1.165) is 11.1 Å². The van der Waals surface area contributed by atoms with Gasteiger partial charge in [-0.25, -0.2) is 0 Å². The number of hydrogen-bond acceptors (Lipinski definition) is 4. The summed E-state index contributed by atoms with van der Waals surface area (Å²) < 4.78 is 4.83. The predicted octanol–water partition coefficient (Wildman–Crippen LogP) is 0.579. The van der Waals surface area contributed by atoms with E-state index in [9.17, 15) is 4.79 Å². The number of nitrogens with one attached hydrogen (secondary N) is 1. The second kappa shape index (κ2) is 6.19. The van der Waals surface area contributed by atoms with Crippen LogP contribution in [0.3, 0.4) is 0 Å². The predicted molar refractivity (Wildman–Crippen MR) is 59.1 cm³/mol. The molecule has 88 valence electrons. The minimum absolute atomic E-state index is 0.152. The van der Waals surface area contributed by atoms with Gasteiger partial charge in [-0.15, -0.1) is 0 Å². The van der Waals surface area contributed by atoms with Crippen LogP contribution in [0.15, 0.2) is 18.5 Å². The Bertz CT molecular complexity index is 355. The number of aryl methyl sites for hydroxylation is 1. The molecule has 1 rings (SSSR count). The highest BCUT2D eigenvalue weighted by molar-refractivity contribution is 5.73. The molecule has 0 aliphatic heterocycles. The first-order chi connectivity index (χ1) is 7.65. The Balaban J connectivity index is 2.55. The molecule has 0 bridgehead atoms. The van der Waals surface area contributed by atoms with Crippen LogP contribution in [-0.2, 0) is 16.1 Å². The molecule has 0 fully saturated rings. The number of pyridine rings is 1. The fourth-order valence-corrected chi connectivity index (χ4v) is 1.32. The highest BCUT2D eigenvalue weighted by Gasteiger charge is 2.16. The molecule has 0 aliphatic carbocycles. The summed E-state index contributed by atoms with van der Waals surface area (Å²) in [4.78, 5) is 14.8. The second-order valence-electron chi connectivity index (χ2n) is 3.53. The lowest BCUT2D eigenvalue weighted by Crippen LogP contribution is -2.39. The first-order valence-electron chi connectivity index (χ1n) is 4.99. The number of hydrogen-bond donors (Lipinski definition) is 2. The van der Waals surface area contributed by atoms with Gasteiger partial charge in [-0.2, -0.15) is 0 Å². The molecule has 1 aromatic heterocycles. The van der Waals surface area contributed by atoms with Gasteiger partial charge in [-0.1, -0.05) is 0 Å². The summed E-state index contributed by atoms with van der Waals surface area (Å²) in [5.74, 6) is -0.909. The highest BCUT2D eigenvalue weighted by Crippen LogP contribution is 2.04. The van der Waals surface area contributed by atoms with Gasteiger partial charge < -0.3 is 9.84 Å². The number of carboxylic acid groups (broad SMARTS) is 1. The summed E-state index contributed by atoms with van der Waals surface area (Å²) in [6.45, 7) is 2.59. The number of aliphatic carboxylic acids is 1. The van der Waals surface area contributed by atoms with Crippen LogP contribution in [0.1, 0.15) is 11.1 Å². The summed E-state index contributed by atoms with van der Waals surface area (Å²) in [5, 5.41) is 11.8. The van der Waals surface area contributed by atoms with E-state index >= 15 is 0 Å². The Labute approximate surface area is 94.5 Å². The fraction of sp³-hybridized carbons (Fsp3) is 0.455. The van der Waals surface area contributed by atoms with Crippen molar-refractivity contribution in [2.45, 2.75) is 19.5 Å². The Morgan fingerprint density at radius 1 is 1.69 bits per heavy atom. The van der Waals surface area contributed by atoms with Gasteiger partial charge in [-0.05, 0) is 24.1 Å². The van der Waals surface area contributed by atoms with Crippen molar-refractivity contribution >= 4 is 5.97 Å². The molecule has 0 radical (unpaired) electrons. The average molecular weight is 224 g/mol. The van der Waals surface area contributed by atoms with E-state index in [1.807, 2.05) is 13.0 Å². The monoisotopic (exact) mass is 224 g/mol. The number of rotatable bonds is 6. The Hall–Kier alpha value is -1.46. The highest BCUT2D eigenvalue weighted by atomic mass is 16.5. The minimum atomic E-state index is -0.909. The fourth-order valence-electron chi connectivity index (χ4n) is 1.32. The van der Waals surface area contributed by atoms with Crippen LogP contribution in [0.4, 0.5) is 0 Å². The second-order valence-corrected chi connectivity index (χ2v) is 3.53. The van der Waals surface area contributed by atoms with E-state index in [0.29, 0.717) is 6.54 Å². The molecule has 1 unspecified atom stereocenters. The van der Waals surface area contributed by atoms with Crippen LogP contribution in [0.2, 0.25) is 0 Å². The topological polar surface area (TPSA) is 71.5 Å². The third-order valence-electron chi connectivity index (χ3n) is 2.31. The van der Waals surface area contributed by atoms with Crippen molar-refractivity contribution in [2.24, 2.45) is 0 Å². The number of carboxylic acids is 1. The molecule has 0 spiro atoms. The molecule has 0 aromatic carbocycles. The van der Waals surface area contributed by atoms with Crippen molar-refractivity contribution < 1.29 is 14.6 Å². The van der Waals surface area contributed by atoms with Gasteiger partial charge in [-0.3, -0.25) is 15.1 Å². The molecule has 1 atom stereocenters. The first-order valence-corrected chi connectivity index (χ1v) is 4.99. The lowest BCUT2D eigenvalue weighted by atomic mass is 10.1. The average Bonchev–Trinajstić information content (AvgIpc) is 2.26. The van der Waals surface area contributed by atoms with Crippen molar-refractivity contribution in [3.05, 3.63) is 29.6 Å². The molecule has 16 heavy (non-hydrogen) atoms. The zero-order chi connectivity index (χ0) is 12.0. The number of aromatic nitrogens is 1. The van der Waals surface area contributed by atoms with Crippen molar-refractivity contribution in [2.75, 3.05) is 13.7 Å². The van der Waals surface area contributed by atoms with Crippen molar-refractivity contribution in [3.8, 4) is 0 Å². The van der Waals surface area contributed by atoms with Gasteiger partial charge in [0.25, 0.3) is 0 Å². The summed E-state index contributed by atoms with van der Waals surface area (Å²) in [6.07, 6.45) is 3.44. The lowest BCUT2D eigenvalue weighted by Gasteiger charge is -2.14. The largest absolute Gasteiger partial charge is 0.480 e. The molecule has 0 amide bonds. The quantitative estimate of drug-likeness (QED) is 0.739. The molecule has 0 saturated carbocycles. The summed E-state index contributed by atoms with van der Waals surface area (Å²) in [7, 11) is 1.48. The summed E-state index contributed by atoms with van der Waals surface area (Å²) in [6, 6.07) is 1.19. The van der Waals surface area contributed by atoms with Crippen LogP contribution >= 0.6 is 0 Å². The van der Waals surface area contributed by atoms with Crippen LogP contribution in [-0.4, -0.2) is 35.8 Å². The van der Waals surface area contributed by atoms with E-state index in [1.54, 1.807) is 12.4 Å². The molecule has 0 saturated heterocycles. The number of ether oxygens (including phenoxy) is 1. The lowest BCUT2D eigenvalue weighted by molar-refractivity contribution is -0.140. The molecular weight excluding hydrogens is 208 g/mol. The van der Waals surface area contributed by atoms with E-state index in [4.69, 9.17) is 9.84 Å². The maximum Gasteiger partial charge on any atom is 0.323 e. The molecule has 1 heterocycles. The van der Waals surface area contributed by atoms with Crippen LogP contribution in [0.5, 0.6) is 0 Å². The smallest absolute Gasteiger partial charge is 0.323 e. The molecule has 2 N–H and O–H groups in total. The number of nitrogens with zero attached hydrogens (tertiary/aromatic N) is 1. The zero-order valence-electron chi connectivity index (χ0n) is 9.43. The maximum atomic E-state index is 10.8. The normalized spacial score (nSPS) is 12.4. The van der Waals surface area contributed by atoms with Crippen molar-refractivity contribution in [1.29, 1.82) is 0 Å². The van der Waals surface area contributed by atoms with E-state index < -0.39 is 12.0 Å². The van der Waals surface area contributed by atoms with Crippen molar-refractivity contribution in [1.82, 2.24) is 10.3 Å². The van der Waals surface area contributed by atoms with Crippen LogP contribution in [0.25, 0.3) is 0 Å². The molecule has 5 nitrogen and oxygen atoms in total. The van der Waals surface area contributed by atoms with Crippen molar-refractivity contribution in [3.63, 3.8) is 0 Å². The molecule has 1 aromatic rings. The van der Waals surface area contributed by atoms with Gasteiger partial charge >= 0.3 is 5.97 Å². The van der Waals surface area contributed by atoms with Gasteiger partial charge in [0, 0.05) is 26.0 Å². The van der Waals surface area contributed by atoms with Gasteiger partial charge in [0.2, 0.25) is 0 Å². The SMILES string of the molecule is COCC(NCc1ccncc1C)C(=O)O. The van der Waals surface area contributed by atoms with Crippen LogP contribution in [0, 0.1) is 6.92 Å². The van der Waals surface area contributed by atoms with Gasteiger partial charge in [0.15, 0.2) is 0 Å². The Morgan fingerprint density at radius 2 is 2.44 bits per heavy atom. The molecule has 0 aliphatic rings. The Morgan fingerprint density at radius 3 is 3.00 bits per heavy atom. The minimum Gasteiger partial charge on any atom is -0.480 e. The first kappa shape index (κ1) is 12.6. The van der Waals surface area contributed by atoms with E-state index in [2.05, 4.69) is 10.3 Å². The van der Waals surface area contributed by atoms with Crippen LogP contribution < -0.4 is 5.32 Å². The standard InChI is InChI=1S/C11H16N2O3/c1-8-5-12-4-3-9(8)6-13-10(7-16-2)11(14)15/h3-5,10,13H,6-7H2,1-2H3,(H,14,15). The third kappa shape index (κ3) is 3.60.